The van der Waals surface area contributed by atoms with E-state index in [0.29, 0.717) is 19.6 Å². The van der Waals surface area contributed by atoms with Crippen LogP contribution < -0.4 is 4.74 Å². The molecule has 0 bridgehead atoms. The molecular formula is C20H29FN2O3. The van der Waals surface area contributed by atoms with Gasteiger partial charge in [-0.3, -0.25) is 9.69 Å². The van der Waals surface area contributed by atoms with Gasteiger partial charge in [-0.05, 0) is 43.5 Å². The molecule has 1 amide bonds. The lowest BCUT2D eigenvalue weighted by Crippen LogP contribution is -2.54. The summed E-state index contributed by atoms with van der Waals surface area (Å²) in [6.45, 7) is 4.76. The number of ether oxygens (including phenoxy) is 2. The zero-order valence-electron chi connectivity index (χ0n) is 15.8. The molecule has 1 spiro atoms. The molecule has 0 aliphatic carbocycles. The van der Waals surface area contributed by atoms with Crippen LogP contribution in [0, 0.1) is 11.2 Å². The van der Waals surface area contributed by atoms with E-state index in [1.165, 1.54) is 7.11 Å². The number of piperidine rings is 2. The molecule has 2 aliphatic heterocycles. The third-order valence-electron chi connectivity index (χ3n) is 5.68. The molecule has 1 aromatic carbocycles. The van der Waals surface area contributed by atoms with E-state index in [1.54, 1.807) is 19.2 Å². The largest absolute Gasteiger partial charge is 0.494 e. The predicted molar refractivity (Wildman–Crippen MR) is 97.6 cm³/mol. The molecule has 3 rings (SSSR count). The summed E-state index contributed by atoms with van der Waals surface area (Å²) in [6, 6.07) is 5.18. The van der Waals surface area contributed by atoms with Crippen molar-refractivity contribution in [1.29, 1.82) is 0 Å². The standard InChI is InChI=1S/C20H29FN2O3/c1-25-11-10-23-15-20(8-6-19(23)24)7-3-9-22(14-20)13-16-4-5-18(26-2)17(21)12-16/h4-5,12H,3,6-11,13-15H2,1-2H3. The number of hydrogen-bond acceptors (Lipinski definition) is 4. The molecule has 2 heterocycles. The van der Waals surface area contributed by atoms with E-state index in [0.717, 1.165) is 51.0 Å². The number of methoxy groups -OCH3 is 2. The lowest BCUT2D eigenvalue weighted by Gasteiger charge is -2.48. The van der Waals surface area contributed by atoms with E-state index in [1.807, 2.05) is 11.0 Å². The maximum atomic E-state index is 14.0. The van der Waals surface area contributed by atoms with Gasteiger partial charge < -0.3 is 14.4 Å². The fourth-order valence-corrected chi connectivity index (χ4v) is 4.35. The molecule has 1 atom stereocenters. The fraction of sp³-hybridized carbons (Fsp3) is 0.650. The van der Waals surface area contributed by atoms with Crippen molar-refractivity contribution in [3.05, 3.63) is 29.6 Å². The Labute approximate surface area is 155 Å². The van der Waals surface area contributed by atoms with E-state index in [2.05, 4.69) is 4.90 Å². The van der Waals surface area contributed by atoms with Crippen molar-refractivity contribution >= 4 is 5.91 Å². The highest BCUT2D eigenvalue weighted by molar-refractivity contribution is 5.77. The van der Waals surface area contributed by atoms with Gasteiger partial charge in [0.1, 0.15) is 0 Å². The Morgan fingerprint density at radius 2 is 2.08 bits per heavy atom. The topological polar surface area (TPSA) is 42.0 Å². The minimum Gasteiger partial charge on any atom is -0.494 e. The second kappa shape index (κ2) is 8.35. The van der Waals surface area contributed by atoms with Crippen molar-refractivity contribution in [3.63, 3.8) is 0 Å². The van der Waals surface area contributed by atoms with E-state index in [9.17, 15) is 9.18 Å². The molecule has 6 heteroatoms. The average molecular weight is 364 g/mol. The average Bonchev–Trinajstić information content (AvgIpc) is 2.63. The number of halogens is 1. The zero-order valence-corrected chi connectivity index (χ0v) is 15.8. The first kappa shape index (κ1) is 19.1. The van der Waals surface area contributed by atoms with Crippen LogP contribution in [0.1, 0.15) is 31.2 Å². The minimum atomic E-state index is -0.314. The molecule has 5 nitrogen and oxygen atoms in total. The first-order chi connectivity index (χ1) is 12.5. The number of nitrogens with zero attached hydrogens (tertiary/aromatic N) is 2. The van der Waals surface area contributed by atoms with Crippen molar-refractivity contribution in [3.8, 4) is 5.75 Å². The molecule has 0 radical (unpaired) electrons. The van der Waals surface area contributed by atoms with Crippen LogP contribution in [0.3, 0.4) is 0 Å². The Morgan fingerprint density at radius 3 is 2.81 bits per heavy atom. The molecule has 2 saturated heterocycles. The second-order valence-electron chi connectivity index (χ2n) is 7.59. The Hall–Kier alpha value is -1.66. The van der Waals surface area contributed by atoms with Gasteiger partial charge in [-0.1, -0.05) is 6.07 Å². The summed E-state index contributed by atoms with van der Waals surface area (Å²) in [6.07, 6.45) is 3.83. The first-order valence-corrected chi connectivity index (χ1v) is 9.37. The monoisotopic (exact) mass is 364 g/mol. The van der Waals surface area contributed by atoms with Gasteiger partial charge in [0.15, 0.2) is 11.6 Å². The van der Waals surface area contributed by atoms with E-state index in [-0.39, 0.29) is 22.9 Å². The van der Waals surface area contributed by atoms with Gasteiger partial charge >= 0.3 is 0 Å². The summed E-state index contributed by atoms with van der Waals surface area (Å²) in [4.78, 5) is 16.6. The molecule has 0 aromatic heterocycles. The van der Waals surface area contributed by atoms with E-state index < -0.39 is 0 Å². The van der Waals surface area contributed by atoms with Crippen LogP contribution in [0.15, 0.2) is 18.2 Å². The SMILES string of the molecule is COCCN1CC2(CCCN(Cc3ccc(OC)c(F)c3)C2)CCC1=O. The zero-order chi connectivity index (χ0) is 18.6. The number of carbonyl (C=O) groups excluding carboxylic acids is 1. The number of rotatable bonds is 6. The predicted octanol–water partition coefficient (Wildman–Crippen LogP) is 2.69. The molecule has 144 valence electrons. The van der Waals surface area contributed by atoms with E-state index in [4.69, 9.17) is 9.47 Å². The molecule has 0 saturated carbocycles. The van der Waals surface area contributed by atoms with Gasteiger partial charge in [-0.2, -0.15) is 0 Å². The Bertz CT molecular complexity index is 639. The van der Waals surface area contributed by atoms with Crippen LogP contribution in [0.25, 0.3) is 0 Å². The minimum absolute atomic E-state index is 0.158. The van der Waals surface area contributed by atoms with E-state index >= 15 is 0 Å². The molecule has 2 fully saturated rings. The highest BCUT2D eigenvalue weighted by atomic mass is 19.1. The van der Waals surface area contributed by atoms with Crippen molar-refractivity contribution in [2.24, 2.45) is 5.41 Å². The van der Waals surface area contributed by atoms with Gasteiger partial charge in [-0.25, -0.2) is 4.39 Å². The molecule has 1 aromatic rings. The number of benzene rings is 1. The molecular weight excluding hydrogens is 335 g/mol. The summed E-state index contributed by atoms with van der Waals surface area (Å²) >= 11 is 0. The van der Waals surface area contributed by atoms with Crippen LogP contribution in [0.5, 0.6) is 5.75 Å². The van der Waals surface area contributed by atoms with Gasteiger partial charge in [0.25, 0.3) is 0 Å². The summed E-state index contributed by atoms with van der Waals surface area (Å²) in [5.41, 5.74) is 1.12. The smallest absolute Gasteiger partial charge is 0.222 e. The summed E-state index contributed by atoms with van der Waals surface area (Å²) in [7, 11) is 3.15. The molecule has 2 aliphatic rings. The first-order valence-electron chi connectivity index (χ1n) is 9.37. The lowest BCUT2D eigenvalue weighted by molar-refractivity contribution is -0.140. The molecule has 26 heavy (non-hydrogen) atoms. The molecule has 1 unspecified atom stereocenters. The highest BCUT2D eigenvalue weighted by Crippen LogP contribution is 2.39. The van der Waals surface area contributed by atoms with Crippen LogP contribution in [0.4, 0.5) is 4.39 Å². The van der Waals surface area contributed by atoms with Crippen molar-refractivity contribution < 1.29 is 18.7 Å². The normalized spacial score (nSPS) is 24.3. The van der Waals surface area contributed by atoms with Gasteiger partial charge in [-0.15, -0.1) is 0 Å². The number of likely N-dealkylation sites (tertiary alicyclic amines) is 2. The quantitative estimate of drug-likeness (QED) is 0.778. The third kappa shape index (κ3) is 4.35. The second-order valence-corrected chi connectivity index (χ2v) is 7.59. The summed E-state index contributed by atoms with van der Waals surface area (Å²) in [5.74, 6) is 0.205. The van der Waals surface area contributed by atoms with Crippen LogP contribution in [-0.4, -0.2) is 62.7 Å². The summed E-state index contributed by atoms with van der Waals surface area (Å²) < 4.78 is 24.1. The third-order valence-corrected chi connectivity index (χ3v) is 5.68. The van der Waals surface area contributed by atoms with Crippen LogP contribution in [-0.2, 0) is 16.1 Å². The van der Waals surface area contributed by atoms with Gasteiger partial charge in [0, 0.05) is 45.1 Å². The Kier molecular flexibility index (Phi) is 6.14. The van der Waals surface area contributed by atoms with Crippen molar-refractivity contribution in [1.82, 2.24) is 9.80 Å². The maximum absolute atomic E-state index is 14.0. The summed E-state index contributed by atoms with van der Waals surface area (Å²) in [5, 5.41) is 0. The lowest BCUT2D eigenvalue weighted by atomic mass is 9.73. The Morgan fingerprint density at radius 1 is 1.23 bits per heavy atom. The number of hydrogen-bond donors (Lipinski definition) is 0. The highest BCUT2D eigenvalue weighted by Gasteiger charge is 2.41. The van der Waals surface area contributed by atoms with Gasteiger partial charge in [0.2, 0.25) is 5.91 Å². The van der Waals surface area contributed by atoms with Crippen LogP contribution in [0.2, 0.25) is 0 Å². The van der Waals surface area contributed by atoms with Crippen molar-refractivity contribution in [2.75, 3.05) is 47.0 Å². The number of carbonyl (C=O) groups is 1. The number of amides is 1. The van der Waals surface area contributed by atoms with Crippen LogP contribution >= 0.6 is 0 Å². The Balaban J connectivity index is 1.65. The van der Waals surface area contributed by atoms with Crippen molar-refractivity contribution in [2.45, 2.75) is 32.2 Å². The van der Waals surface area contributed by atoms with Gasteiger partial charge in [0.05, 0.1) is 13.7 Å². The fourth-order valence-electron chi connectivity index (χ4n) is 4.35. The maximum Gasteiger partial charge on any atom is 0.222 e. The molecule has 0 N–H and O–H groups in total.